The van der Waals surface area contributed by atoms with Crippen LogP contribution in [0.25, 0.3) is 0 Å². The van der Waals surface area contributed by atoms with Crippen LogP contribution in [0.15, 0.2) is 29.6 Å². The Bertz CT molecular complexity index is 362. The molecular formula is C9H10N4S. The van der Waals surface area contributed by atoms with Gasteiger partial charge in [-0.05, 0) is 12.1 Å². The van der Waals surface area contributed by atoms with Gasteiger partial charge in [0.1, 0.15) is 6.17 Å². The van der Waals surface area contributed by atoms with Crippen molar-refractivity contribution < 1.29 is 0 Å². The first-order valence-corrected chi connectivity index (χ1v) is 4.72. The second-order valence-corrected chi connectivity index (χ2v) is 3.27. The van der Waals surface area contributed by atoms with Gasteiger partial charge in [-0.2, -0.15) is 5.10 Å². The molecule has 0 saturated carbocycles. The van der Waals surface area contributed by atoms with Gasteiger partial charge in [-0.25, -0.2) is 0 Å². The summed E-state index contributed by atoms with van der Waals surface area (Å²) in [5.74, 6) is 0.865. The van der Waals surface area contributed by atoms with Crippen molar-refractivity contribution in [3.8, 4) is 0 Å². The number of aromatic nitrogens is 1. The summed E-state index contributed by atoms with van der Waals surface area (Å²) < 4.78 is 0. The van der Waals surface area contributed by atoms with Crippen LogP contribution in [0.5, 0.6) is 0 Å². The van der Waals surface area contributed by atoms with E-state index in [1.54, 1.807) is 17.8 Å². The highest BCUT2D eigenvalue weighted by Crippen LogP contribution is 2.09. The molecule has 1 unspecified atom stereocenters. The van der Waals surface area contributed by atoms with E-state index in [1.807, 2.05) is 24.1 Å². The molecule has 0 radical (unpaired) electrons. The highest BCUT2D eigenvalue weighted by Gasteiger charge is 2.22. The van der Waals surface area contributed by atoms with Crippen LogP contribution in [0.2, 0.25) is 0 Å². The number of hydrazone groups is 1. The van der Waals surface area contributed by atoms with E-state index in [4.69, 9.17) is 12.2 Å². The lowest BCUT2D eigenvalue weighted by Crippen LogP contribution is -2.38. The van der Waals surface area contributed by atoms with Crippen molar-refractivity contribution in [1.82, 2.24) is 15.3 Å². The van der Waals surface area contributed by atoms with Crippen LogP contribution in [0.1, 0.15) is 5.56 Å². The van der Waals surface area contributed by atoms with Gasteiger partial charge in [0.2, 0.25) is 0 Å². The molecule has 0 saturated heterocycles. The zero-order valence-electron chi connectivity index (χ0n) is 7.71. The largest absolute Gasteiger partial charge is 0.332 e. The summed E-state index contributed by atoms with van der Waals surface area (Å²) in [6.45, 7) is 0. The number of thiocarbonyl (C=S) groups is 1. The third-order valence-corrected chi connectivity index (χ3v) is 2.36. The second kappa shape index (κ2) is 3.71. The Morgan fingerprint density at radius 3 is 3.07 bits per heavy atom. The van der Waals surface area contributed by atoms with Gasteiger partial charge >= 0.3 is 0 Å². The van der Waals surface area contributed by atoms with Gasteiger partial charge in [0.25, 0.3) is 0 Å². The molecule has 1 atom stereocenters. The van der Waals surface area contributed by atoms with E-state index in [1.165, 1.54) is 0 Å². The predicted octanol–water partition coefficient (Wildman–Crippen LogP) is 0.604. The van der Waals surface area contributed by atoms with E-state index >= 15 is 0 Å². The van der Waals surface area contributed by atoms with Crippen LogP contribution >= 0.6 is 12.2 Å². The summed E-state index contributed by atoms with van der Waals surface area (Å²) in [4.78, 5) is 6.02. The van der Waals surface area contributed by atoms with Crippen molar-refractivity contribution in [1.29, 1.82) is 0 Å². The summed E-state index contributed by atoms with van der Waals surface area (Å²) in [6.07, 6.45) is 3.52. The van der Waals surface area contributed by atoms with Crippen LogP contribution < -0.4 is 5.43 Å². The Morgan fingerprint density at radius 2 is 2.50 bits per heavy atom. The average Bonchev–Trinajstić information content (AvgIpc) is 2.61. The Labute approximate surface area is 87.6 Å². The lowest BCUT2D eigenvalue weighted by molar-refractivity contribution is 0.447. The molecule has 0 amide bonds. The van der Waals surface area contributed by atoms with Gasteiger partial charge in [-0.15, -0.1) is 0 Å². The number of nitrogens with zero attached hydrogens (tertiary/aromatic N) is 3. The predicted molar refractivity (Wildman–Crippen MR) is 59.1 cm³/mol. The smallest absolute Gasteiger partial charge is 0.159 e. The fourth-order valence-electron chi connectivity index (χ4n) is 1.31. The fraction of sp³-hybridized carbons (Fsp3) is 0.222. The number of hydrogen-bond acceptors (Lipinski definition) is 5. The third-order valence-electron chi connectivity index (χ3n) is 2.10. The van der Waals surface area contributed by atoms with Crippen molar-refractivity contribution in [3.05, 3.63) is 30.1 Å². The molecule has 0 fully saturated rings. The van der Waals surface area contributed by atoms with E-state index < -0.39 is 0 Å². The first kappa shape index (κ1) is 9.08. The van der Waals surface area contributed by atoms with Gasteiger partial charge in [0, 0.05) is 30.4 Å². The fourth-order valence-corrected chi connectivity index (χ4v) is 1.55. The molecule has 5 heteroatoms. The number of hydrogen-bond donors (Lipinski definition) is 1. The molecule has 1 aliphatic heterocycles. The molecule has 1 aromatic heterocycles. The highest BCUT2D eigenvalue weighted by atomic mass is 32.1. The zero-order valence-corrected chi connectivity index (χ0v) is 8.53. The number of pyridine rings is 1. The van der Waals surface area contributed by atoms with E-state index in [0.717, 1.165) is 11.4 Å². The van der Waals surface area contributed by atoms with Gasteiger partial charge < -0.3 is 4.90 Å². The third kappa shape index (κ3) is 1.46. The second-order valence-electron chi connectivity index (χ2n) is 3.00. The molecule has 2 heterocycles. The van der Waals surface area contributed by atoms with Crippen LogP contribution in [-0.2, 0) is 0 Å². The van der Waals surface area contributed by atoms with Crippen LogP contribution in [0, 0.1) is 0 Å². The Kier molecular flexibility index (Phi) is 2.41. The van der Waals surface area contributed by atoms with Gasteiger partial charge in [-0.3, -0.25) is 10.4 Å². The number of amidine groups is 1. The minimum atomic E-state index is 0.000191. The summed E-state index contributed by atoms with van der Waals surface area (Å²) in [5, 5.41) is 5.84. The molecule has 4 nitrogen and oxygen atoms in total. The minimum Gasteiger partial charge on any atom is -0.332 e. The lowest BCUT2D eigenvalue weighted by atomic mass is 10.2. The molecule has 14 heavy (non-hydrogen) atoms. The summed E-state index contributed by atoms with van der Waals surface area (Å²) in [5.41, 5.74) is 3.92. The maximum Gasteiger partial charge on any atom is 0.159 e. The van der Waals surface area contributed by atoms with Crippen LogP contribution in [0.3, 0.4) is 0 Å². The van der Waals surface area contributed by atoms with Crippen molar-refractivity contribution in [3.63, 3.8) is 0 Å². The monoisotopic (exact) mass is 206 g/mol. The number of rotatable bonds is 2. The lowest BCUT2D eigenvalue weighted by Gasteiger charge is -2.18. The molecule has 2 rings (SSSR count). The standard InChI is InChI=1S/C9H10N4S/c1-13-8(6-14)11-12-9(13)7-3-2-4-10-5-7/h2-6,8,11H,1H3. The summed E-state index contributed by atoms with van der Waals surface area (Å²) in [7, 11) is 1.94. The normalized spacial score (nSPS) is 20.2. The molecular weight excluding hydrogens is 196 g/mol. The molecule has 0 bridgehead atoms. The molecule has 1 N–H and O–H groups in total. The molecule has 1 aromatic rings. The van der Waals surface area contributed by atoms with Crippen molar-refractivity contribution >= 4 is 23.4 Å². The first-order chi connectivity index (χ1) is 6.83. The maximum atomic E-state index is 4.87. The van der Waals surface area contributed by atoms with Crippen LogP contribution in [0.4, 0.5) is 0 Å². The van der Waals surface area contributed by atoms with Gasteiger partial charge in [0.05, 0.1) is 0 Å². The maximum absolute atomic E-state index is 4.87. The van der Waals surface area contributed by atoms with Crippen molar-refractivity contribution in [2.45, 2.75) is 6.17 Å². The summed E-state index contributed by atoms with van der Waals surface area (Å²) >= 11 is 4.87. The molecule has 72 valence electrons. The topological polar surface area (TPSA) is 40.5 Å². The molecule has 1 aliphatic rings. The van der Waals surface area contributed by atoms with Crippen molar-refractivity contribution in [2.24, 2.45) is 5.10 Å². The van der Waals surface area contributed by atoms with E-state index in [-0.39, 0.29) is 6.17 Å². The molecule has 0 aromatic carbocycles. The Hall–Kier alpha value is -1.49. The zero-order chi connectivity index (χ0) is 9.97. The number of nitrogens with one attached hydrogen (secondary N) is 1. The summed E-state index contributed by atoms with van der Waals surface area (Å²) in [6, 6.07) is 3.85. The van der Waals surface area contributed by atoms with Gasteiger partial charge in [0.15, 0.2) is 5.84 Å². The minimum absolute atomic E-state index is 0.000191. The molecule has 0 aliphatic carbocycles. The first-order valence-electron chi connectivity index (χ1n) is 4.24. The Balaban J connectivity index is 2.26. The quantitative estimate of drug-likeness (QED) is 0.720. The molecule has 0 spiro atoms. The van der Waals surface area contributed by atoms with E-state index in [2.05, 4.69) is 15.5 Å². The van der Waals surface area contributed by atoms with E-state index in [9.17, 15) is 0 Å². The average molecular weight is 206 g/mol. The van der Waals surface area contributed by atoms with Crippen LogP contribution in [-0.4, -0.2) is 34.3 Å². The SMILES string of the molecule is CN1C(c2cccnc2)=NNC1C=S. The van der Waals surface area contributed by atoms with Gasteiger partial charge in [-0.1, -0.05) is 12.2 Å². The Morgan fingerprint density at radius 1 is 1.64 bits per heavy atom. The highest BCUT2D eigenvalue weighted by molar-refractivity contribution is 7.79. The van der Waals surface area contributed by atoms with Crippen molar-refractivity contribution in [2.75, 3.05) is 7.05 Å². The van der Waals surface area contributed by atoms with E-state index in [0.29, 0.717) is 0 Å².